The van der Waals surface area contributed by atoms with Crippen LogP contribution in [-0.4, -0.2) is 19.3 Å². The minimum absolute atomic E-state index is 0.265. The Bertz CT molecular complexity index is 817. The fourth-order valence-corrected chi connectivity index (χ4v) is 2.97. The molecule has 0 aliphatic carbocycles. The normalized spacial score (nSPS) is 11.6. The van der Waals surface area contributed by atoms with E-state index in [0.29, 0.717) is 10.6 Å². The van der Waals surface area contributed by atoms with Gasteiger partial charge < -0.3 is 0 Å². The van der Waals surface area contributed by atoms with Gasteiger partial charge in [0.05, 0.1) is 5.75 Å². The fraction of sp³-hybridized carbons (Fsp3) is 0.0667. The predicted octanol–water partition coefficient (Wildman–Crippen LogP) is 3.05. The Hall–Kier alpha value is -1.89. The number of amides is 1. The molecule has 0 fully saturated rings. The third-order valence-corrected chi connectivity index (χ3v) is 4.40. The Morgan fingerprint density at radius 3 is 2.43 bits per heavy atom. The summed E-state index contributed by atoms with van der Waals surface area (Å²) in [6.07, 6.45) is 3.97. The zero-order valence-corrected chi connectivity index (χ0v) is 14.1. The molecular weight excluding hydrogens is 359 g/mol. The number of halogens is 2. The fourth-order valence-electron chi connectivity index (χ4n) is 1.68. The summed E-state index contributed by atoms with van der Waals surface area (Å²) >= 11 is 11.4. The molecule has 23 heavy (non-hydrogen) atoms. The topological polar surface area (TPSA) is 76.1 Å². The van der Waals surface area contributed by atoms with Crippen molar-refractivity contribution in [2.24, 2.45) is 0 Å². The number of sulfonamides is 1. The molecule has 1 aromatic heterocycles. The van der Waals surface area contributed by atoms with Crippen LogP contribution in [0.1, 0.15) is 11.1 Å². The van der Waals surface area contributed by atoms with Gasteiger partial charge in [-0.05, 0) is 35.4 Å². The molecule has 2 aromatic rings. The molecule has 1 aromatic carbocycles. The number of carbonyl (C=O) groups excluding carboxylic acids is 1. The number of rotatable bonds is 5. The van der Waals surface area contributed by atoms with E-state index in [9.17, 15) is 13.2 Å². The summed E-state index contributed by atoms with van der Waals surface area (Å²) in [6, 6.07) is 9.77. The third-order valence-electron chi connectivity index (χ3n) is 2.70. The van der Waals surface area contributed by atoms with Crippen LogP contribution in [0.4, 0.5) is 0 Å². The van der Waals surface area contributed by atoms with Gasteiger partial charge in [0.25, 0.3) is 5.91 Å². The molecule has 1 heterocycles. The highest BCUT2D eigenvalue weighted by molar-refractivity contribution is 7.89. The van der Waals surface area contributed by atoms with Crippen LogP contribution >= 0.6 is 23.2 Å². The van der Waals surface area contributed by atoms with Gasteiger partial charge in [-0.3, -0.25) is 4.79 Å². The molecular formula is C15H12Cl2N2O3S. The number of hydrogen-bond donors (Lipinski definition) is 1. The van der Waals surface area contributed by atoms with Crippen molar-refractivity contribution in [2.75, 3.05) is 0 Å². The molecule has 0 aliphatic rings. The van der Waals surface area contributed by atoms with Crippen molar-refractivity contribution in [3.8, 4) is 0 Å². The molecule has 0 unspecified atom stereocenters. The van der Waals surface area contributed by atoms with Gasteiger partial charge in [-0.15, -0.1) is 0 Å². The summed E-state index contributed by atoms with van der Waals surface area (Å²) in [7, 11) is -3.81. The minimum Gasteiger partial charge on any atom is -0.269 e. The van der Waals surface area contributed by atoms with Crippen LogP contribution in [-0.2, 0) is 20.6 Å². The average Bonchev–Trinajstić information content (AvgIpc) is 2.48. The average molecular weight is 371 g/mol. The summed E-state index contributed by atoms with van der Waals surface area (Å²) in [5.74, 6) is -1.10. The maximum Gasteiger partial charge on any atom is 0.257 e. The summed E-state index contributed by atoms with van der Waals surface area (Å²) in [6.45, 7) is 0. The molecule has 1 amide bonds. The second-order valence-corrected chi connectivity index (χ2v) is 7.15. The van der Waals surface area contributed by atoms with Crippen molar-refractivity contribution in [2.45, 2.75) is 5.75 Å². The molecule has 0 aliphatic heterocycles. The molecule has 0 bridgehead atoms. The lowest BCUT2D eigenvalue weighted by Crippen LogP contribution is -2.30. The minimum atomic E-state index is -3.81. The molecule has 1 N–H and O–H groups in total. The van der Waals surface area contributed by atoms with Gasteiger partial charge in [0, 0.05) is 17.3 Å². The molecule has 8 heteroatoms. The van der Waals surface area contributed by atoms with E-state index in [1.54, 1.807) is 24.3 Å². The molecule has 0 spiro atoms. The molecule has 0 radical (unpaired) electrons. The molecule has 0 saturated heterocycles. The van der Waals surface area contributed by atoms with Crippen molar-refractivity contribution in [3.63, 3.8) is 0 Å². The SMILES string of the molecule is O=C(/C=C/c1ccc(Cl)cc1)NS(=O)(=O)Cc1ccc(Cl)nc1. The Kier molecular flexibility index (Phi) is 5.76. The van der Waals surface area contributed by atoms with E-state index >= 15 is 0 Å². The molecule has 0 atom stereocenters. The lowest BCUT2D eigenvalue weighted by Gasteiger charge is -2.04. The van der Waals surface area contributed by atoms with Crippen molar-refractivity contribution in [1.82, 2.24) is 9.71 Å². The number of nitrogens with zero attached hydrogens (tertiary/aromatic N) is 1. The predicted molar refractivity (Wildman–Crippen MR) is 90.5 cm³/mol. The van der Waals surface area contributed by atoms with Crippen LogP contribution in [0.3, 0.4) is 0 Å². The maximum absolute atomic E-state index is 11.9. The Morgan fingerprint density at radius 2 is 1.83 bits per heavy atom. The van der Waals surface area contributed by atoms with Crippen LogP contribution in [0.15, 0.2) is 48.7 Å². The Balaban J connectivity index is 1.97. The van der Waals surface area contributed by atoms with Crippen LogP contribution in [0.25, 0.3) is 6.08 Å². The second kappa shape index (κ2) is 7.59. The van der Waals surface area contributed by atoms with Crippen molar-refractivity contribution in [3.05, 3.63) is 70.0 Å². The number of aromatic nitrogens is 1. The standard InChI is InChI=1S/C15H12Cl2N2O3S/c16-13-5-1-11(2-6-13)4-8-15(20)19-23(21,22)10-12-3-7-14(17)18-9-12/h1-9H,10H2,(H,19,20)/b8-4+. The highest BCUT2D eigenvalue weighted by Crippen LogP contribution is 2.11. The summed E-state index contributed by atoms with van der Waals surface area (Å²) in [5.41, 5.74) is 1.15. The first-order valence-corrected chi connectivity index (χ1v) is 8.83. The van der Waals surface area contributed by atoms with Crippen molar-refractivity contribution < 1.29 is 13.2 Å². The number of nitrogens with one attached hydrogen (secondary N) is 1. The highest BCUT2D eigenvalue weighted by Gasteiger charge is 2.14. The van der Waals surface area contributed by atoms with Crippen LogP contribution in [0.5, 0.6) is 0 Å². The first-order valence-electron chi connectivity index (χ1n) is 6.42. The van der Waals surface area contributed by atoms with E-state index in [1.807, 2.05) is 4.72 Å². The zero-order valence-electron chi connectivity index (χ0n) is 11.7. The van der Waals surface area contributed by atoms with Crippen molar-refractivity contribution in [1.29, 1.82) is 0 Å². The number of carbonyl (C=O) groups is 1. The summed E-state index contributed by atoms with van der Waals surface area (Å²) in [4.78, 5) is 15.5. The van der Waals surface area contributed by atoms with E-state index in [1.165, 1.54) is 24.4 Å². The van der Waals surface area contributed by atoms with E-state index in [4.69, 9.17) is 23.2 Å². The van der Waals surface area contributed by atoms with Gasteiger partial charge in [0.15, 0.2) is 0 Å². The van der Waals surface area contributed by atoms with Crippen LogP contribution in [0, 0.1) is 0 Å². The largest absolute Gasteiger partial charge is 0.269 e. The van der Waals surface area contributed by atoms with E-state index in [-0.39, 0.29) is 10.9 Å². The quantitative estimate of drug-likeness (QED) is 0.648. The lowest BCUT2D eigenvalue weighted by molar-refractivity contribution is -0.114. The first-order chi connectivity index (χ1) is 10.8. The Morgan fingerprint density at radius 1 is 1.13 bits per heavy atom. The highest BCUT2D eigenvalue weighted by atomic mass is 35.5. The van der Waals surface area contributed by atoms with Gasteiger partial charge in [-0.25, -0.2) is 18.1 Å². The van der Waals surface area contributed by atoms with Crippen LogP contribution < -0.4 is 4.72 Å². The van der Waals surface area contributed by atoms with Gasteiger partial charge in [-0.1, -0.05) is 41.4 Å². The van der Waals surface area contributed by atoms with E-state index in [2.05, 4.69) is 4.98 Å². The number of hydrogen-bond acceptors (Lipinski definition) is 4. The third kappa shape index (κ3) is 6.02. The van der Waals surface area contributed by atoms with Gasteiger partial charge in [0.2, 0.25) is 10.0 Å². The maximum atomic E-state index is 11.9. The molecule has 120 valence electrons. The summed E-state index contributed by atoms with van der Waals surface area (Å²) < 4.78 is 25.8. The van der Waals surface area contributed by atoms with E-state index in [0.717, 1.165) is 11.6 Å². The smallest absolute Gasteiger partial charge is 0.257 e. The molecule has 5 nitrogen and oxygen atoms in total. The van der Waals surface area contributed by atoms with E-state index < -0.39 is 15.9 Å². The molecule has 0 saturated carbocycles. The zero-order chi connectivity index (χ0) is 16.9. The number of pyridine rings is 1. The second-order valence-electron chi connectivity index (χ2n) is 4.60. The number of benzene rings is 1. The first kappa shape index (κ1) is 17.5. The van der Waals surface area contributed by atoms with Crippen molar-refractivity contribution >= 4 is 45.2 Å². The lowest BCUT2D eigenvalue weighted by atomic mass is 10.2. The van der Waals surface area contributed by atoms with Gasteiger partial charge in [-0.2, -0.15) is 0 Å². The van der Waals surface area contributed by atoms with Gasteiger partial charge in [0.1, 0.15) is 5.15 Å². The monoisotopic (exact) mass is 370 g/mol. The Labute approximate surface area is 144 Å². The summed E-state index contributed by atoms with van der Waals surface area (Å²) in [5, 5.41) is 0.840. The van der Waals surface area contributed by atoms with Gasteiger partial charge >= 0.3 is 0 Å². The van der Waals surface area contributed by atoms with Crippen LogP contribution in [0.2, 0.25) is 10.2 Å². The molecule has 2 rings (SSSR count).